The van der Waals surface area contributed by atoms with Gasteiger partial charge in [0.1, 0.15) is 17.4 Å². The van der Waals surface area contributed by atoms with Crippen molar-refractivity contribution in [1.82, 2.24) is 0 Å². The molecule has 0 radical (unpaired) electrons. The van der Waals surface area contributed by atoms with Crippen LogP contribution in [-0.4, -0.2) is 5.91 Å². The number of rotatable bonds is 2. The minimum absolute atomic E-state index is 0.146. The van der Waals surface area contributed by atoms with Crippen molar-refractivity contribution in [3.63, 3.8) is 0 Å². The summed E-state index contributed by atoms with van der Waals surface area (Å²) in [6.45, 7) is 0. The van der Waals surface area contributed by atoms with Gasteiger partial charge < -0.3 is 5.32 Å². The van der Waals surface area contributed by atoms with Crippen LogP contribution in [0.5, 0.6) is 0 Å². The zero-order valence-electron chi connectivity index (χ0n) is 9.95. The van der Waals surface area contributed by atoms with Crippen molar-refractivity contribution in [3.8, 4) is 6.07 Å². The molecule has 0 saturated heterocycles. The van der Waals surface area contributed by atoms with E-state index < -0.39 is 11.7 Å². The van der Waals surface area contributed by atoms with Crippen LogP contribution in [0, 0.1) is 17.1 Å². The number of carbonyl (C=O) groups is 1. The summed E-state index contributed by atoms with van der Waals surface area (Å²) in [6.07, 6.45) is 0. The van der Waals surface area contributed by atoms with E-state index in [2.05, 4.69) is 37.2 Å². The number of hydrogen-bond acceptors (Lipinski definition) is 2. The maximum absolute atomic E-state index is 13.4. The molecule has 20 heavy (non-hydrogen) atoms. The van der Waals surface area contributed by atoms with Crippen LogP contribution < -0.4 is 5.32 Å². The van der Waals surface area contributed by atoms with Gasteiger partial charge in [0.25, 0.3) is 5.91 Å². The van der Waals surface area contributed by atoms with Gasteiger partial charge in [0.2, 0.25) is 0 Å². The molecule has 0 aromatic heterocycles. The standard InChI is InChI=1S/C14H7Br2FN2O/c15-8-4-5-9(11(16)6-8)14(20)19-13-3-1-2-12(17)10(13)7-18/h1-6H,(H,19,20). The van der Waals surface area contributed by atoms with Gasteiger partial charge in [-0.15, -0.1) is 0 Å². The minimum atomic E-state index is -0.667. The molecule has 6 heteroatoms. The van der Waals surface area contributed by atoms with Gasteiger partial charge in [-0.1, -0.05) is 22.0 Å². The molecule has 0 heterocycles. The van der Waals surface area contributed by atoms with E-state index in [1.165, 1.54) is 18.2 Å². The molecule has 0 bridgehead atoms. The maximum Gasteiger partial charge on any atom is 0.256 e. The molecular weight excluding hydrogens is 391 g/mol. The lowest BCUT2D eigenvalue weighted by Crippen LogP contribution is -2.14. The summed E-state index contributed by atoms with van der Waals surface area (Å²) in [5.74, 6) is -1.09. The number of nitrogens with one attached hydrogen (secondary N) is 1. The molecule has 0 aliphatic carbocycles. The molecule has 1 amide bonds. The highest BCUT2D eigenvalue weighted by molar-refractivity contribution is 9.11. The van der Waals surface area contributed by atoms with E-state index >= 15 is 0 Å². The van der Waals surface area contributed by atoms with E-state index in [1.807, 2.05) is 0 Å². The second-order valence-corrected chi connectivity index (χ2v) is 5.62. The highest BCUT2D eigenvalue weighted by atomic mass is 79.9. The van der Waals surface area contributed by atoms with Crippen molar-refractivity contribution in [3.05, 3.63) is 62.3 Å². The Balaban J connectivity index is 2.33. The molecule has 0 aliphatic rings. The summed E-state index contributed by atoms with van der Waals surface area (Å²) < 4.78 is 14.9. The highest BCUT2D eigenvalue weighted by Gasteiger charge is 2.14. The second kappa shape index (κ2) is 6.16. The van der Waals surface area contributed by atoms with Gasteiger partial charge in [-0.3, -0.25) is 4.79 Å². The molecule has 2 aromatic rings. The van der Waals surface area contributed by atoms with Gasteiger partial charge in [-0.25, -0.2) is 4.39 Å². The number of hydrogen-bond donors (Lipinski definition) is 1. The van der Waals surface area contributed by atoms with Crippen LogP contribution in [0.3, 0.4) is 0 Å². The van der Waals surface area contributed by atoms with Crippen molar-refractivity contribution in [2.24, 2.45) is 0 Å². The second-order valence-electron chi connectivity index (χ2n) is 3.85. The smallest absolute Gasteiger partial charge is 0.256 e. The van der Waals surface area contributed by atoms with E-state index in [-0.39, 0.29) is 11.3 Å². The normalized spacial score (nSPS) is 9.90. The monoisotopic (exact) mass is 396 g/mol. The third-order valence-electron chi connectivity index (χ3n) is 2.55. The van der Waals surface area contributed by atoms with Crippen LogP contribution in [0.25, 0.3) is 0 Å². The fourth-order valence-corrected chi connectivity index (χ4v) is 2.83. The van der Waals surface area contributed by atoms with E-state index in [0.29, 0.717) is 10.0 Å². The Morgan fingerprint density at radius 2 is 2.00 bits per heavy atom. The Morgan fingerprint density at radius 3 is 2.65 bits per heavy atom. The lowest BCUT2D eigenvalue weighted by molar-refractivity contribution is 0.102. The summed E-state index contributed by atoms with van der Waals surface area (Å²) in [4.78, 5) is 12.1. The average molecular weight is 398 g/mol. The Labute approximate surface area is 131 Å². The number of benzene rings is 2. The van der Waals surface area contributed by atoms with Gasteiger partial charge >= 0.3 is 0 Å². The van der Waals surface area contributed by atoms with Crippen LogP contribution in [0.2, 0.25) is 0 Å². The lowest BCUT2D eigenvalue weighted by atomic mass is 10.1. The number of nitrogens with zero attached hydrogens (tertiary/aromatic N) is 1. The minimum Gasteiger partial charge on any atom is -0.321 e. The third kappa shape index (κ3) is 3.06. The summed E-state index contributed by atoms with van der Waals surface area (Å²) in [5, 5.41) is 11.4. The van der Waals surface area contributed by atoms with E-state index in [4.69, 9.17) is 5.26 Å². The zero-order valence-corrected chi connectivity index (χ0v) is 13.1. The Hall–Kier alpha value is -1.71. The highest BCUT2D eigenvalue weighted by Crippen LogP contribution is 2.24. The van der Waals surface area contributed by atoms with Gasteiger partial charge in [0.05, 0.1) is 11.3 Å². The number of anilines is 1. The Kier molecular flexibility index (Phi) is 4.53. The van der Waals surface area contributed by atoms with E-state index in [0.717, 1.165) is 4.47 Å². The Bertz CT molecular complexity index is 726. The maximum atomic E-state index is 13.4. The van der Waals surface area contributed by atoms with Crippen LogP contribution in [0.1, 0.15) is 15.9 Å². The fourth-order valence-electron chi connectivity index (χ4n) is 1.61. The molecule has 0 unspecified atom stereocenters. The summed E-state index contributed by atoms with van der Waals surface area (Å²) in [5.41, 5.74) is 0.350. The fraction of sp³-hybridized carbons (Fsp3) is 0. The van der Waals surface area contributed by atoms with Crippen molar-refractivity contribution >= 4 is 43.5 Å². The van der Waals surface area contributed by atoms with Gasteiger partial charge in [-0.05, 0) is 46.3 Å². The predicted octanol–water partition coefficient (Wildman–Crippen LogP) is 4.47. The van der Waals surface area contributed by atoms with Crippen LogP contribution in [0.4, 0.5) is 10.1 Å². The molecule has 0 saturated carbocycles. The molecule has 1 N–H and O–H groups in total. The number of carbonyl (C=O) groups excluding carboxylic acids is 1. The quantitative estimate of drug-likeness (QED) is 0.812. The molecule has 0 atom stereocenters. The number of halogens is 3. The zero-order chi connectivity index (χ0) is 14.7. The molecule has 3 nitrogen and oxygen atoms in total. The van der Waals surface area contributed by atoms with Crippen LogP contribution in [0.15, 0.2) is 45.3 Å². The first-order valence-corrected chi connectivity index (χ1v) is 7.06. The molecule has 2 rings (SSSR count). The van der Waals surface area contributed by atoms with Crippen LogP contribution in [-0.2, 0) is 0 Å². The molecule has 100 valence electrons. The lowest BCUT2D eigenvalue weighted by Gasteiger charge is -2.09. The first kappa shape index (κ1) is 14.7. The van der Waals surface area contributed by atoms with Crippen LogP contribution >= 0.6 is 31.9 Å². The van der Waals surface area contributed by atoms with Crippen molar-refractivity contribution in [1.29, 1.82) is 5.26 Å². The SMILES string of the molecule is N#Cc1c(F)cccc1NC(=O)c1ccc(Br)cc1Br. The van der Waals surface area contributed by atoms with Gasteiger partial charge in [-0.2, -0.15) is 5.26 Å². The first-order valence-electron chi connectivity index (χ1n) is 5.48. The topological polar surface area (TPSA) is 52.9 Å². The molecule has 0 fully saturated rings. The third-order valence-corrected chi connectivity index (χ3v) is 3.70. The van der Waals surface area contributed by atoms with Gasteiger partial charge in [0, 0.05) is 8.95 Å². The van der Waals surface area contributed by atoms with E-state index in [1.54, 1.807) is 24.3 Å². The molecule has 0 aliphatic heterocycles. The molecular formula is C14H7Br2FN2O. The number of nitriles is 1. The van der Waals surface area contributed by atoms with E-state index in [9.17, 15) is 9.18 Å². The Morgan fingerprint density at radius 1 is 1.25 bits per heavy atom. The van der Waals surface area contributed by atoms with Gasteiger partial charge in [0.15, 0.2) is 0 Å². The summed E-state index contributed by atoms with van der Waals surface area (Å²) >= 11 is 6.57. The predicted molar refractivity (Wildman–Crippen MR) is 80.9 cm³/mol. The van der Waals surface area contributed by atoms with Crippen molar-refractivity contribution in [2.75, 3.05) is 5.32 Å². The number of amides is 1. The van der Waals surface area contributed by atoms with Crippen molar-refractivity contribution < 1.29 is 9.18 Å². The van der Waals surface area contributed by atoms with Crippen molar-refractivity contribution in [2.45, 2.75) is 0 Å². The average Bonchev–Trinajstić information content (AvgIpc) is 2.38. The molecule has 2 aromatic carbocycles. The molecule has 0 spiro atoms. The summed E-state index contributed by atoms with van der Waals surface area (Å²) in [7, 11) is 0. The first-order chi connectivity index (χ1) is 9.52. The summed E-state index contributed by atoms with van der Waals surface area (Å²) in [6, 6.07) is 10.9. The largest absolute Gasteiger partial charge is 0.321 e.